The van der Waals surface area contributed by atoms with Gasteiger partial charge < -0.3 is 5.73 Å². The van der Waals surface area contributed by atoms with Crippen molar-refractivity contribution in [2.75, 3.05) is 0 Å². The number of nitrogens with zero attached hydrogens (tertiary/aromatic N) is 3. The second-order valence-electron chi connectivity index (χ2n) is 5.13. The molecule has 8 heteroatoms. The summed E-state index contributed by atoms with van der Waals surface area (Å²) >= 11 is 3.50. The predicted molar refractivity (Wildman–Crippen MR) is 89.2 cm³/mol. The summed E-state index contributed by atoms with van der Waals surface area (Å²) in [5.74, 6) is -0.766. The van der Waals surface area contributed by atoms with E-state index in [0.717, 1.165) is 23.0 Å². The fourth-order valence-electron chi connectivity index (χ4n) is 2.16. The van der Waals surface area contributed by atoms with Crippen molar-refractivity contribution in [3.8, 4) is 11.1 Å². The maximum atomic E-state index is 12.5. The van der Waals surface area contributed by atoms with Crippen molar-refractivity contribution in [3.05, 3.63) is 40.1 Å². The van der Waals surface area contributed by atoms with E-state index < -0.39 is 12.0 Å². The molecule has 0 amide bonds. The molecule has 2 aromatic rings. The van der Waals surface area contributed by atoms with Gasteiger partial charge in [-0.1, -0.05) is 13.8 Å². The molecule has 0 aromatic carbocycles. The third kappa shape index (κ3) is 4.10. The maximum Gasteiger partial charge on any atom is 0.451 e. The molecule has 3 rings (SSSR count). The number of aromatic nitrogens is 3. The summed E-state index contributed by atoms with van der Waals surface area (Å²) in [5, 5.41) is 0. The molecule has 1 aliphatic carbocycles. The molecule has 2 N–H and O–H groups in total. The zero-order valence-electron chi connectivity index (χ0n) is 13.4. The van der Waals surface area contributed by atoms with Crippen molar-refractivity contribution in [1.29, 1.82) is 0 Å². The summed E-state index contributed by atoms with van der Waals surface area (Å²) < 4.78 is 38.4. The normalized spacial score (nSPS) is 14.1. The van der Waals surface area contributed by atoms with Gasteiger partial charge in [0.1, 0.15) is 0 Å². The van der Waals surface area contributed by atoms with E-state index in [1.54, 1.807) is 6.07 Å². The summed E-state index contributed by atoms with van der Waals surface area (Å²) in [6.07, 6.45) is -0.0828. The van der Waals surface area contributed by atoms with E-state index in [-0.39, 0.29) is 6.54 Å². The Labute approximate surface area is 146 Å². The Morgan fingerprint density at radius 2 is 1.79 bits per heavy atom. The molecule has 1 fully saturated rings. The van der Waals surface area contributed by atoms with Crippen LogP contribution in [0.15, 0.2) is 22.9 Å². The Kier molecular flexibility index (Phi) is 5.92. The SMILES string of the molecule is CC.NCc1cc(-c2cnc(C(F)(F)F)nc2)c(Br)c(C2CC2)n1. The van der Waals surface area contributed by atoms with Crippen LogP contribution < -0.4 is 5.73 Å². The van der Waals surface area contributed by atoms with E-state index in [2.05, 4.69) is 30.9 Å². The molecule has 2 heterocycles. The van der Waals surface area contributed by atoms with Gasteiger partial charge in [-0.2, -0.15) is 13.2 Å². The van der Waals surface area contributed by atoms with E-state index in [9.17, 15) is 13.2 Å². The largest absolute Gasteiger partial charge is 0.451 e. The van der Waals surface area contributed by atoms with Gasteiger partial charge in [0.05, 0.1) is 11.4 Å². The molecule has 4 nitrogen and oxygen atoms in total. The fourth-order valence-corrected chi connectivity index (χ4v) is 2.92. The van der Waals surface area contributed by atoms with Crippen molar-refractivity contribution >= 4 is 15.9 Å². The molecule has 0 bridgehead atoms. The van der Waals surface area contributed by atoms with Crippen molar-refractivity contribution in [2.24, 2.45) is 5.73 Å². The Morgan fingerprint density at radius 3 is 2.25 bits per heavy atom. The highest BCUT2D eigenvalue weighted by Crippen LogP contribution is 2.45. The lowest BCUT2D eigenvalue weighted by atomic mass is 10.1. The molecule has 0 unspecified atom stereocenters. The summed E-state index contributed by atoms with van der Waals surface area (Å²) in [7, 11) is 0. The van der Waals surface area contributed by atoms with Crippen LogP contribution in [0.3, 0.4) is 0 Å². The Hall–Kier alpha value is -1.54. The van der Waals surface area contributed by atoms with Gasteiger partial charge in [-0.25, -0.2) is 9.97 Å². The van der Waals surface area contributed by atoms with Gasteiger partial charge in [-0.3, -0.25) is 4.98 Å². The Balaban J connectivity index is 0.00000100. The first-order chi connectivity index (χ1) is 11.4. The highest BCUT2D eigenvalue weighted by Gasteiger charge is 2.34. The van der Waals surface area contributed by atoms with E-state index >= 15 is 0 Å². The van der Waals surface area contributed by atoms with Crippen LogP contribution >= 0.6 is 15.9 Å². The van der Waals surface area contributed by atoms with Gasteiger partial charge in [-0.15, -0.1) is 0 Å². The standard InChI is InChI=1S/C14H12BrF3N4.C2H6/c15-11-10(3-9(4-19)22-12(11)7-1-2-7)8-5-20-13(21-6-8)14(16,17)18;1-2/h3,5-7H,1-2,4,19H2;1-2H3. The first kappa shape index (κ1) is 18.8. The van der Waals surface area contributed by atoms with Crippen LogP contribution in [-0.2, 0) is 12.7 Å². The summed E-state index contributed by atoms with van der Waals surface area (Å²) in [6.45, 7) is 4.27. The molecule has 0 atom stereocenters. The number of pyridine rings is 1. The molecule has 1 saturated carbocycles. The van der Waals surface area contributed by atoms with Crippen molar-refractivity contribution in [2.45, 2.75) is 45.3 Å². The second kappa shape index (κ2) is 7.57. The van der Waals surface area contributed by atoms with E-state index in [1.807, 2.05) is 13.8 Å². The summed E-state index contributed by atoms with van der Waals surface area (Å²) in [6, 6.07) is 1.75. The Bertz CT molecular complexity index is 698. The van der Waals surface area contributed by atoms with Gasteiger partial charge in [0.15, 0.2) is 0 Å². The first-order valence-corrected chi connectivity index (χ1v) is 8.48. The fraction of sp³-hybridized carbons (Fsp3) is 0.438. The van der Waals surface area contributed by atoms with E-state index in [0.29, 0.717) is 22.7 Å². The molecule has 0 spiro atoms. The van der Waals surface area contributed by atoms with Crippen molar-refractivity contribution in [3.63, 3.8) is 0 Å². The summed E-state index contributed by atoms with van der Waals surface area (Å²) in [4.78, 5) is 11.3. The lowest BCUT2D eigenvalue weighted by Gasteiger charge is -2.12. The summed E-state index contributed by atoms with van der Waals surface area (Å²) in [5.41, 5.74) is 8.47. The van der Waals surface area contributed by atoms with Crippen LogP contribution in [0, 0.1) is 0 Å². The van der Waals surface area contributed by atoms with Crippen LogP contribution in [0.4, 0.5) is 13.2 Å². The zero-order chi connectivity index (χ0) is 17.9. The average Bonchev–Trinajstić information content (AvgIpc) is 3.41. The maximum absolute atomic E-state index is 12.5. The van der Waals surface area contributed by atoms with Crippen molar-refractivity contribution < 1.29 is 13.2 Å². The molecule has 0 saturated heterocycles. The van der Waals surface area contributed by atoms with Crippen LogP contribution in [0.1, 0.15) is 49.8 Å². The monoisotopic (exact) mass is 402 g/mol. The Morgan fingerprint density at radius 1 is 1.21 bits per heavy atom. The van der Waals surface area contributed by atoms with Crippen LogP contribution in [0.2, 0.25) is 0 Å². The zero-order valence-corrected chi connectivity index (χ0v) is 14.9. The number of alkyl halides is 3. The minimum atomic E-state index is -4.55. The molecule has 1 aliphatic rings. The molecular formula is C16H18BrF3N4. The predicted octanol–water partition coefficient (Wildman–Crippen LogP) is 4.68. The number of rotatable bonds is 3. The van der Waals surface area contributed by atoms with Crippen LogP contribution in [0.25, 0.3) is 11.1 Å². The lowest BCUT2D eigenvalue weighted by molar-refractivity contribution is -0.144. The highest BCUT2D eigenvalue weighted by atomic mass is 79.9. The topological polar surface area (TPSA) is 64.7 Å². The van der Waals surface area contributed by atoms with E-state index in [1.165, 1.54) is 12.4 Å². The van der Waals surface area contributed by atoms with Gasteiger partial charge in [0.2, 0.25) is 5.82 Å². The number of nitrogens with two attached hydrogens (primary N) is 1. The smallest absolute Gasteiger partial charge is 0.325 e. The molecule has 0 radical (unpaired) electrons. The molecule has 24 heavy (non-hydrogen) atoms. The number of halogens is 4. The van der Waals surface area contributed by atoms with Crippen LogP contribution in [-0.4, -0.2) is 15.0 Å². The molecular weight excluding hydrogens is 385 g/mol. The average molecular weight is 403 g/mol. The first-order valence-electron chi connectivity index (χ1n) is 7.69. The van der Waals surface area contributed by atoms with Gasteiger partial charge in [-0.05, 0) is 34.8 Å². The molecule has 130 valence electrons. The number of hydrogen-bond donors (Lipinski definition) is 1. The second-order valence-corrected chi connectivity index (χ2v) is 5.92. The van der Waals surface area contributed by atoms with Crippen LogP contribution in [0.5, 0.6) is 0 Å². The van der Waals surface area contributed by atoms with Gasteiger partial charge >= 0.3 is 6.18 Å². The van der Waals surface area contributed by atoms with E-state index in [4.69, 9.17) is 5.73 Å². The van der Waals surface area contributed by atoms with Crippen molar-refractivity contribution in [1.82, 2.24) is 15.0 Å². The quantitative estimate of drug-likeness (QED) is 0.808. The highest BCUT2D eigenvalue weighted by molar-refractivity contribution is 9.10. The van der Waals surface area contributed by atoms with Gasteiger partial charge in [0.25, 0.3) is 0 Å². The minimum absolute atomic E-state index is 0.265. The minimum Gasteiger partial charge on any atom is -0.325 e. The molecule has 0 aliphatic heterocycles. The molecule has 2 aromatic heterocycles. The number of hydrogen-bond acceptors (Lipinski definition) is 4. The lowest BCUT2D eigenvalue weighted by Crippen LogP contribution is -2.10. The van der Waals surface area contributed by atoms with Gasteiger partial charge in [0, 0.05) is 40.5 Å². The third-order valence-electron chi connectivity index (χ3n) is 3.43. The third-order valence-corrected chi connectivity index (χ3v) is 4.26.